The monoisotopic (exact) mass is 550 g/mol. The number of nitrogens with zero attached hydrogens (tertiary/aromatic N) is 6. The molecular weight excluding hydrogens is 528 g/mol. The fourth-order valence-corrected chi connectivity index (χ4v) is 6.65. The van der Waals surface area contributed by atoms with E-state index in [0.717, 1.165) is 72.2 Å². The SMILES string of the molecule is N#Cc1cccc(-n2c3ccccc3c3cnccc32)c1-c1ccccc1-n1c2ccccc2n2c3ccccc3nc12. The molecule has 0 saturated heterocycles. The molecule has 6 heteroatoms. The number of rotatable bonds is 3. The van der Waals surface area contributed by atoms with Crippen LogP contribution in [-0.4, -0.2) is 23.5 Å². The van der Waals surface area contributed by atoms with Crippen molar-refractivity contribution in [3.8, 4) is 28.6 Å². The van der Waals surface area contributed by atoms with Gasteiger partial charge in [0.1, 0.15) is 0 Å². The maximum absolute atomic E-state index is 10.5. The van der Waals surface area contributed by atoms with Crippen LogP contribution in [0.2, 0.25) is 0 Å². The van der Waals surface area contributed by atoms with Gasteiger partial charge in [-0.3, -0.25) is 14.0 Å². The zero-order chi connectivity index (χ0) is 28.5. The Morgan fingerprint density at radius 3 is 2.14 bits per heavy atom. The Labute approximate surface area is 245 Å². The Morgan fingerprint density at radius 1 is 0.558 bits per heavy atom. The largest absolute Gasteiger partial charge is 0.308 e. The van der Waals surface area contributed by atoms with Crippen LogP contribution in [0.15, 0.2) is 134 Å². The molecule has 0 atom stereocenters. The molecule has 0 unspecified atom stereocenters. The van der Waals surface area contributed by atoms with Gasteiger partial charge >= 0.3 is 0 Å². The van der Waals surface area contributed by atoms with Crippen molar-refractivity contribution in [2.45, 2.75) is 0 Å². The summed E-state index contributed by atoms with van der Waals surface area (Å²) in [5, 5.41) is 12.7. The number of hydrogen-bond acceptors (Lipinski definition) is 3. The van der Waals surface area contributed by atoms with Crippen molar-refractivity contribution in [1.82, 2.24) is 23.5 Å². The first-order valence-corrected chi connectivity index (χ1v) is 14.2. The third-order valence-corrected chi connectivity index (χ3v) is 8.40. The van der Waals surface area contributed by atoms with Crippen LogP contribution in [-0.2, 0) is 0 Å². The van der Waals surface area contributed by atoms with Crippen LogP contribution in [0.1, 0.15) is 5.56 Å². The Kier molecular flexibility index (Phi) is 4.87. The molecule has 0 amide bonds. The average molecular weight is 551 g/mol. The minimum atomic E-state index is 0.603. The molecule has 0 saturated carbocycles. The van der Waals surface area contributed by atoms with Gasteiger partial charge in [0.05, 0.1) is 56.1 Å². The van der Waals surface area contributed by atoms with Crippen molar-refractivity contribution < 1.29 is 0 Å². The molecule has 0 aliphatic heterocycles. The molecule has 0 N–H and O–H groups in total. The fourth-order valence-electron chi connectivity index (χ4n) is 6.65. The van der Waals surface area contributed by atoms with Crippen molar-refractivity contribution in [3.63, 3.8) is 0 Å². The highest BCUT2D eigenvalue weighted by Crippen LogP contribution is 2.41. The minimum absolute atomic E-state index is 0.603. The van der Waals surface area contributed by atoms with Gasteiger partial charge in [-0.15, -0.1) is 0 Å². The zero-order valence-corrected chi connectivity index (χ0v) is 22.9. The van der Waals surface area contributed by atoms with Gasteiger partial charge < -0.3 is 4.57 Å². The number of benzene rings is 5. The molecule has 0 aliphatic carbocycles. The van der Waals surface area contributed by atoms with E-state index in [1.807, 2.05) is 60.9 Å². The topological polar surface area (TPSA) is 63.8 Å². The molecule has 6 nitrogen and oxygen atoms in total. The van der Waals surface area contributed by atoms with E-state index in [0.29, 0.717) is 5.56 Å². The van der Waals surface area contributed by atoms with Crippen molar-refractivity contribution in [2.24, 2.45) is 0 Å². The number of imidazole rings is 2. The molecule has 0 spiro atoms. The van der Waals surface area contributed by atoms with E-state index in [1.54, 1.807) is 0 Å². The summed E-state index contributed by atoms with van der Waals surface area (Å²) in [5.74, 6) is 0.828. The van der Waals surface area contributed by atoms with E-state index in [9.17, 15) is 5.26 Å². The van der Waals surface area contributed by atoms with Gasteiger partial charge in [0.15, 0.2) is 0 Å². The third kappa shape index (κ3) is 3.22. The third-order valence-electron chi connectivity index (χ3n) is 8.40. The predicted octanol–water partition coefficient (Wildman–Crippen LogP) is 8.46. The first-order chi connectivity index (χ1) is 21.3. The molecule has 4 aromatic heterocycles. The normalized spacial score (nSPS) is 11.7. The number of fused-ring (bicyclic) bond motifs is 8. The van der Waals surface area contributed by atoms with Crippen molar-refractivity contribution in [1.29, 1.82) is 5.26 Å². The van der Waals surface area contributed by atoms with Crippen LogP contribution in [0.5, 0.6) is 0 Å². The smallest absolute Gasteiger partial charge is 0.220 e. The molecule has 4 heterocycles. The lowest BCUT2D eigenvalue weighted by Gasteiger charge is -2.18. The quantitative estimate of drug-likeness (QED) is 0.222. The van der Waals surface area contributed by atoms with Gasteiger partial charge in [-0.05, 0) is 54.6 Å². The summed E-state index contributed by atoms with van der Waals surface area (Å²) in [6.07, 6.45) is 3.74. The van der Waals surface area contributed by atoms with Gasteiger partial charge in [-0.1, -0.05) is 66.7 Å². The van der Waals surface area contributed by atoms with Crippen LogP contribution < -0.4 is 0 Å². The lowest BCUT2D eigenvalue weighted by Crippen LogP contribution is -2.03. The maximum Gasteiger partial charge on any atom is 0.220 e. The van der Waals surface area contributed by atoms with Crippen LogP contribution in [0.25, 0.3) is 72.2 Å². The van der Waals surface area contributed by atoms with E-state index >= 15 is 0 Å². The molecule has 9 rings (SSSR count). The highest BCUT2D eigenvalue weighted by atomic mass is 15.2. The molecule has 0 bridgehead atoms. The van der Waals surface area contributed by atoms with E-state index < -0.39 is 0 Å². The maximum atomic E-state index is 10.5. The highest BCUT2D eigenvalue weighted by molar-refractivity contribution is 6.09. The molecule has 0 radical (unpaired) electrons. The van der Waals surface area contributed by atoms with Gasteiger partial charge in [0.25, 0.3) is 0 Å². The second kappa shape index (κ2) is 8.90. The van der Waals surface area contributed by atoms with E-state index in [4.69, 9.17) is 4.98 Å². The van der Waals surface area contributed by atoms with E-state index in [-0.39, 0.29) is 0 Å². The molecular formula is C37H22N6. The summed E-state index contributed by atoms with van der Waals surface area (Å²) >= 11 is 0. The highest BCUT2D eigenvalue weighted by Gasteiger charge is 2.23. The molecule has 43 heavy (non-hydrogen) atoms. The minimum Gasteiger partial charge on any atom is -0.308 e. The van der Waals surface area contributed by atoms with Gasteiger partial charge in [-0.2, -0.15) is 5.26 Å². The second-order valence-corrected chi connectivity index (χ2v) is 10.6. The number of pyridine rings is 1. The first kappa shape index (κ1) is 23.5. The molecule has 5 aromatic carbocycles. The molecule has 9 aromatic rings. The van der Waals surface area contributed by atoms with Crippen molar-refractivity contribution in [2.75, 3.05) is 0 Å². The van der Waals surface area contributed by atoms with E-state index in [2.05, 4.69) is 97.4 Å². The molecule has 0 fully saturated rings. The van der Waals surface area contributed by atoms with Crippen LogP contribution in [0.4, 0.5) is 0 Å². The summed E-state index contributed by atoms with van der Waals surface area (Å²) < 4.78 is 6.70. The number of para-hydroxylation sites is 6. The van der Waals surface area contributed by atoms with Gasteiger partial charge in [-0.25, -0.2) is 4.98 Å². The fraction of sp³-hybridized carbons (Fsp3) is 0. The van der Waals surface area contributed by atoms with Gasteiger partial charge in [0.2, 0.25) is 5.78 Å². The summed E-state index contributed by atoms with van der Waals surface area (Å²) in [5.41, 5.74) is 10.5. The number of aromatic nitrogens is 5. The zero-order valence-electron chi connectivity index (χ0n) is 22.9. The summed E-state index contributed by atoms with van der Waals surface area (Å²) in [7, 11) is 0. The number of nitriles is 1. The van der Waals surface area contributed by atoms with E-state index in [1.165, 1.54) is 0 Å². The lowest BCUT2D eigenvalue weighted by molar-refractivity contribution is 1.11. The average Bonchev–Trinajstić information content (AvgIpc) is 3.71. The standard InChI is InChI=1S/C37H22N6/c38-22-24-10-9-19-35(41-29-14-4-1-11-25(29)27-23-39-21-20-31(27)41)36(24)26-12-2-5-15-30(26)42-33-17-7-8-18-34(33)43-32-16-6-3-13-28(32)40-37(42)43/h1-21,23H. The Morgan fingerprint density at radius 2 is 1.26 bits per heavy atom. The van der Waals surface area contributed by atoms with Crippen LogP contribution in [0.3, 0.4) is 0 Å². The van der Waals surface area contributed by atoms with Crippen LogP contribution >= 0.6 is 0 Å². The van der Waals surface area contributed by atoms with Gasteiger partial charge in [0, 0.05) is 34.3 Å². The summed E-state index contributed by atoms with van der Waals surface area (Å²) in [4.78, 5) is 9.54. The summed E-state index contributed by atoms with van der Waals surface area (Å²) in [6, 6.07) is 43.8. The Bertz CT molecular complexity index is 2540. The van der Waals surface area contributed by atoms with Crippen LogP contribution in [0, 0.1) is 11.3 Å². The molecule has 200 valence electrons. The first-order valence-electron chi connectivity index (χ1n) is 14.2. The van der Waals surface area contributed by atoms with Crippen molar-refractivity contribution >= 4 is 49.7 Å². The summed E-state index contributed by atoms with van der Waals surface area (Å²) in [6.45, 7) is 0. The Hall–Kier alpha value is -6.19. The Balaban J connectivity index is 1.42. The predicted molar refractivity (Wildman–Crippen MR) is 172 cm³/mol. The second-order valence-electron chi connectivity index (χ2n) is 10.6. The molecule has 0 aliphatic rings. The number of hydrogen-bond donors (Lipinski definition) is 0. The lowest BCUT2D eigenvalue weighted by atomic mass is 9.96. The van der Waals surface area contributed by atoms with Crippen molar-refractivity contribution in [3.05, 3.63) is 139 Å².